The number of ether oxygens (including phenoxy) is 2. The van der Waals surface area contributed by atoms with Gasteiger partial charge in [-0.3, -0.25) is 14.1 Å². The number of piperidine rings is 1. The number of hydrogen-bond acceptors (Lipinski definition) is 8. The lowest BCUT2D eigenvalue weighted by Gasteiger charge is -2.34. The number of nitriles is 1. The van der Waals surface area contributed by atoms with Crippen molar-refractivity contribution < 1.29 is 27.1 Å². The molecule has 248 valence electrons. The minimum atomic E-state index is -3.99. The number of amides is 1. The van der Waals surface area contributed by atoms with E-state index in [1.54, 1.807) is 17.9 Å². The van der Waals surface area contributed by atoms with Crippen molar-refractivity contribution in [3.8, 4) is 17.6 Å². The Hall–Kier alpha value is -4.22. The summed E-state index contributed by atoms with van der Waals surface area (Å²) < 4.78 is 56.1. The number of rotatable bonds is 10. The third-order valence-electron chi connectivity index (χ3n) is 7.84. The summed E-state index contributed by atoms with van der Waals surface area (Å²) in [6.45, 7) is 11.1. The number of fused-ring (bicyclic) bond motifs is 1. The van der Waals surface area contributed by atoms with Gasteiger partial charge in [0.15, 0.2) is 11.6 Å². The highest BCUT2D eigenvalue weighted by atomic mass is 32.2. The summed E-state index contributed by atoms with van der Waals surface area (Å²) >= 11 is 0. The maximum absolute atomic E-state index is 14.9. The van der Waals surface area contributed by atoms with Gasteiger partial charge in [-0.2, -0.15) is 18.0 Å². The quantitative estimate of drug-likeness (QED) is 0.302. The first kappa shape index (κ1) is 34.6. The molecule has 2 aromatic carbocycles. The summed E-state index contributed by atoms with van der Waals surface area (Å²) in [4.78, 5) is 32.0. The molecule has 1 N–H and O–H groups in total. The van der Waals surface area contributed by atoms with Crippen molar-refractivity contribution in [3.63, 3.8) is 0 Å². The fourth-order valence-corrected chi connectivity index (χ4v) is 6.29. The molecule has 1 saturated heterocycles. The van der Waals surface area contributed by atoms with Crippen LogP contribution >= 0.6 is 0 Å². The van der Waals surface area contributed by atoms with E-state index in [2.05, 4.69) is 16.6 Å². The number of halogens is 1. The van der Waals surface area contributed by atoms with Gasteiger partial charge in [-0.05, 0) is 82.2 Å². The van der Waals surface area contributed by atoms with E-state index in [9.17, 15) is 27.7 Å². The SMILES string of the molecule is CCN(C)S(=O)(=O)Nc1ccc(F)c(Oc2ccc3ncn(CC(C)CC4CCN(C(=O)OC(C)(C)C)CC4)c(=O)c3c2)c1C#N. The second kappa shape index (κ2) is 14.0. The van der Waals surface area contributed by atoms with Crippen LogP contribution < -0.4 is 15.0 Å². The second-order valence-electron chi connectivity index (χ2n) is 12.7. The molecule has 0 aliphatic carbocycles. The minimum Gasteiger partial charge on any atom is -0.453 e. The van der Waals surface area contributed by atoms with Gasteiger partial charge >= 0.3 is 16.3 Å². The van der Waals surface area contributed by atoms with Crippen LogP contribution in [0.3, 0.4) is 0 Å². The zero-order valence-corrected chi connectivity index (χ0v) is 27.9. The topological polar surface area (TPSA) is 147 Å². The first-order valence-electron chi connectivity index (χ1n) is 15.2. The van der Waals surface area contributed by atoms with Gasteiger partial charge in [0.2, 0.25) is 0 Å². The van der Waals surface area contributed by atoms with E-state index in [0.717, 1.165) is 35.7 Å². The molecule has 12 nitrogen and oxygen atoms in total. The Morgan fingerprint density at radius 1 is 1.24 bits per heavy atom. The molecule has 0 spiro atoms. The van der Waals surface area contributed by atoms with Crippen molar-refractivity contribution in [2.75, 3.05) is 31.4 Å². The monoisotopic (exact) mass is 656 g/mol. The van der Waals surface area contributed by atoms with Crippen molar-refractivity contribution in [1.82, 2.24) is 18.8 Å². The molecule has 14 heteroatoms. The molecule has 1 atom stereocenters. The van der Waals surface area contributed by atoms with E-state index in [1.165, 1.54) is 30.1 Å². The molecular formula is C32H41FN6O6S. The maximum atomic E-state index is 14.9. The van der Waals surface area contributed by atoms with E-state index >= 15 is 0 Å². The van der Waals surface area contributed by atoms with Crippen molar-refractivity contribution in [2.24, 2.45) is 11.8 Å². The van der Waals surface area contributed by atoms with Gasteiger partial charge in [-0.25, -0.2) is 14.2 Å². The summed E-state index contributed by atoms with van der Waals surface area (Å²) in [7, 11) is -2.62. The van der Waals surface area contributed by atoms with Crippen LogP contribution in [0, 0.1) is 29.0 Å². The lowest BCUT2D eigenvalue weighted by molar-refractivity contribution is 0.0175. The Balaban J connectivity index is 1.48. The number of benzene rings is 2. The zero-order chi connectivity index (χ0) is 33.8. The van der Waals surface area contributed by atoms with Gasteiger partial charge in [0.1, 0.15) is 23.0 Å². The molecule has 1 amide bonds. The van der Waals surface area contributed by atoms with E-state index in [0.29, 0.717) is 31.1 Å². The van der Waals surface area contributed by atoms with Crippen molar-refractivity contribution in [3.05, 3.63) is 58.4 Å². The number of carbonyl (C=O) groups is 1. The van der Waals surface area contributed by atoms with Crippen LogP contribution in [0.1, 0.15) is 59.4 Å². The van der Waals surface area contributed by atoms with E-state index in [4.69, 9.17) is 9.47 Å². The minimum absolute atomic E-state index is 0.0787. The first-order valence-corrected chi connectivity index (χ1v) is 16.7. The Kier molecular flexibility index (Phi) is 10.6. The highest BCUT2D eigenvalue weighted by Crippen LogP contribution is 2.34. The molecule has 2 heterocycles. The molecular weight excluding hydrogens is 615 g/mol. The van der Waals surface area contributed by atoms with Gasteiger partial charge < -0.3 is 14.4 Å². The molecule has 46 heavy (non-hydrogen) atoms. The van der Waals surface area contributed by atoms with Gasteiger partial charge in [0.05, 0.1) is 22.9 Å². The third kappa shape index (κ3) is 8.32. The summed E-state index contributed by atoms with van der Waals surface area (Å²) in [5, 5.41) is 10.0. The van der Waals surface area contributed by atoms with E-state index in [-0.39, 0.29) is 46.5 Å². The molecule has 1 aliphatic heterocycles. The van der Waals surface area contributed by atoms with Crippen LogP contribution in [0.4, 0.5) is 14.9 Å². The number of likely N-dealkylation sites (tertiary alicyclic amines) is 1. The Labute approximate surface area is 268 Å². The largest absolute Gasteiger partial charge is 0.453 e. The van der Waals surface area contributed by atoms with Gasteiger partial charge in [-0.1, -0.05) is 13.8 Å². The van der Waals surface area contributed by atoms with Crippen LogP contribution in [0.25, 0.3) is 10.9 Å². The van der Waals surface area contributed by atoms with Crippen LogP contribution in [-0.2, 0) is 21.5 Å². The molecule has 0 bridgehead atoms. The predicted molar refractivity (Wildman–Crippen MR) is 172 cm³/mol. The summed E-state index contributed by atoms with van der Waals surface area (Å²) in [5.74, 6) is -0.714. The van der Waals surface area contributed by atoms with Gasteiger partial charge in [0.25, 0.3) is 5.56 Å². The average Bonchev–Trinajstić information content (AvgIpc) is 2.99. The van der Waals surface area contributed by atoms with Crippen LogP contribution in [0.2, 0.25) is 0 Å². The second-order valence-corrected chi connectivity index (χ2v) is 14.4. The molecule has 1 aliphatic rings. The number of anilines is 1. The van der Waals surface area contributed by atoms with Crippen molar-refractivity contribution in [1.29, 1.82) is 5.26 Å². The highest BCUT2D eigenvalue weighted by Gasteiger charge is 2.28. The maximum Gasteiger partial charge on any atom is 0.410 e. The predicted octanol–water partition coefficient (Wildman–Crippen LogP) is 5.48. The fourth-order valence-electron chi connectivity index (χ4n) is 5.35. The van der Waals surface area contributed by atoms with Crippen LogP contribution in [0.5, 0.6) is 11.5 Å². The van der Waals surface area contributed by atoms with Crippen LogP contribution in [0.15, 0.2) is 41.5 Å². The zero-order valence-electron chi connectivity index (χ0n) is 27.0. The molecule has 1 aromatic heterocycles. The van der Waals surface area contributed by atoms with E-state index in [1.807, 2.05) is 26.8 Å². The molecule has 3 aromatic rings. The number of hydrogen-bond donors (Lipinski definition) is 1. The van der Waals surface area contributed by atoms with Crippen molar-refractivity contribution >= 4 is 32.9 Å². The number of carbonyl (C=O) groups excluding carboxylic acids is 1. The lowest BCUT2D eigenvalue weighted by atomic mass is 9.88. The number of nitrogens with zero attached hydrogens (tertiary/aromatic N) is 5. The Morgan fingerprint density at radius 3 is 2.57 bits per heavy atom. The van der Waals surface area contributed by atoms with Crippen LogP contribution in [-0.4, -0.2) is 65.6 Å². The molecule has 4 rings (SSSR count). The number of aromatic nitrogens is 2. The Morgan fingerprint density at radius 2 is 1.93 bits per heavy atom. The highest BCUT2D eigenvalue weighted by molar-refractivity contribution is 7.90. The van der Waals surface area contributed by atoms with Gasteiger partial charge in [0, 0.05) is 33.2 Å². The summed E-state index contributed by atoms with van der Waals surface area (Å²) in [5.41, 5.74) is -0.907. The molecule has 0 saturated carbocycles. The standard InChI is InChI=1S/C32H41FN6O6S/c1-7-37(6)46(42,43)36-28-11-9-26(33)29(25(28)18-34)44-23-8-10-27-24(17-23)30(40)39(20-35-27)19-21(2)16-22-12-14-38(15-13-22)31(41)45-32(3,4)5/h8-11,17,20-22,36H,7,12-16,19H2,1-6H3. The molecule has 1 fully saturated rings. The smallest absolute Gasteiger partial charge is 0.410 e. The van der Waals surface area contributed by atoms with E-state index < -0.39 is 27.4 Å². The average molecular weight is 657 g/mol. The fraction of sp³-hybridized carbons (Fsp3) is 0.500. The molecule has 0 radical (unpaired) electrons. The summed E-state index contributed by atoms with van der Waals surface area (Å²) in [6, 6.07) is 8.45. The number of nitrogens with one attached hydrogen (secondary N) is 1. The molecule has 1 unspecified atom stereocenters. The normalized spacial score (nSPS) is 15.1. The lowest BCUT2D eigenvalue weighted by Crippen LogP contribution is -2.42. The van der Waals surface area contributed by atoms with Gasteiger partial charge in [-0.15, -0.1) is 0 Å². The summed E-state index contributed by atoms with van der Waals surface area (Å²) in [6.07, 6.45) is 3.80. The third-order valence-corrected chi connectivity index (χ3v) is 9.40. The Bertz CT molecular complexity index is 1790. The first-order chi connectivity index (χ1) is 21.6. The van der Waals surface area contributed by atoms with Crippen molar-refractivity contribution in [2.45, 2.75) is 66.0 Å².